The minimum atomic E-state index is -0.0696. The molecule has 2 aromatic carbocycles. The van der Waals surface area contributed by atoms with Crippen molar-refractivity contribution >= 4 is 5.69 Å². The molecule has 0 spiro atoms. The highest BCUT2D eigenvalue weighted by Gasteiger charge is 2.21. The standard InChI is InChI=1S/C29H36N4O3/c1-6-36-26-16-22-10-9-13-32-24(23(22)17-25(26)35-5)18-27(33(29(32)34)12-8-7-11-30)31-28-20(3)14-19(2)15-21(28)4/h7,11,14-18H,6,8-10,12-13,30H2,1-5H3/b11-7+,31-27+. The molecular weight excluding hydrogens is 452 g/mol. The van der Waals surface area contributed by atoms with Gasteiger partial charge >= 0.3 is 5.69 Å². The molecule has 0 bridgehead atoms. The zero-order chi connectivity index (χ0) is 25.8. The Labute approximate surface area is 212 Å². The number of ether oxygens (including phenoxy) is 2. The lowest BCUT2D eigenvalue weighted by atomic mass is 10.0. The van der Waals surface area contributed by atoms with Crippen LogP contribution in [0.3, 0.4) is 0 Å². The number of fused-ring (bicyclic) bond motifs is 3. The molecule has 2 N–H and O–H groups in total. The molecule has 4 rings (SSSR count). The highest BCUT2D eigenvalue weighted by atomic mass is 16.5. The maximum Gasteiger partial charge on any atom is 0.330 e. The van der Waals surface area contributed by atoms with Crippen molar-refractivity contribution in [2.75, 3.05) is 13.7 Å². The molecule has 0 radical (unpaired) electrons. The molecule has 3 aromatic rings. The van der Waals surface area contributed by atoms with E-state index in [2.05, 4.69) is 39.0 Å². The quantitative estimate of drug-likeness (QED) is 0.523. The van der Waals surface area contributed by atoms with Crippen molar-refractivity contribution in [2.45, 2.75) is 60.0 Å². The zero-order valence-corrected chi connectivity index (χ0v) is 21.9. The molecule has 1 aliphatic rings. The van der Waals surface area contributed by atoms with Crippen LogP contribution in [0.4, 0.5) is 5.69 Å². The first-order valence-electron chi connectivity index (χ1n) is 12.6. The summed E-state index contributed by atoms with van der Waals surface area (Å²) in [5.41, 5.74) is 13.4. The number of aryl methyl sites for hydroxylation is 4. The molecule has 0 aliphatic carbocycles. The van der Waals surface area contributed by atoms with Crippen LogP contribution in [0.15, 0.2) is 52.4 Å². The van der Waals surface area contributed by atoms with Crippen molar-refractivity contribution in [3.05, 3.63) is 80.8 Å². The number of aromatic nitrogens is 2. The maximum atomic E-state index is 13.9. The average Bonchev–Trinajstić information content (AvgIpc) is 3.02. The van der Waals surface area contributed by atoms with E-state index >= 15 is 0 Å². The Bertz CT molecular complexity index is 1410. The molecule has 1 aliphatic heterocycles. The van der Waals surface area contributed by atoms with Crippen LogP contribution in [-0.4, -0.2) is 22.9 Å². The maximum absolute atomic E-state index is 13.9. The monoisotopic (exact) mass is 488 g/mol. The van der Waals surface area contributed by atoms with Crippen LogP contribution in [0, 0.1) is 20.8 Å². The Morgan fingerprint density at radius 3 is 2.50 bits per heavy atom. The Balaban J connectivity index is 2.02. The number of hydrogen-bond donors (Lipinski definition) is 1. The highest BCUT2D eigenvalue weighted by Crippen LogP contribution is 2.37. The Morgan fingerprint density at radius 2 is 1.83 bits per heavy atom. The smallest absolute Gasteiger partial charge is 0.330 e. The average molecular weight is 489 g/mol. The molecule has 7 heteroatoms. The van der Waals surface area contributed by atoms with Gasteiger partial charge in [-0.1, -0.05) is 23.8 Å². The minimum absolute atomic E-state index is 0.0696. The first kappa shape index (κ1) is 25.4. The molecule has 0 fully saturated rings. The Kier molecular flexibility index (Phi) is 7.67. The van der Waals surface area contributed by atoms with Gasteiger partial charge in [-0.2, -0.15) is 0 Å². The van der Waals surface area contributed by atoms with Crippen LogP contribution in [-0.2, 0) is 19.5 Å². The van der Waals surface area contributed by atoms with Crippen molar-refractivity contribution in [2.24, 2.45) is 10.7 Å². The molecule has 36 heavy (non-hydrogen) atoms. The molecule has 1 aromatic heterocycles. The van der Waals surface area contributed by atoms with Crippen molar-refractivity contribution < 1.29 is 9.47 Å². The highest BCUT2D eigenvalue weighted by molar-refractivity contribution is 5.69. The third kappa shape index (κ3) is 4.96. The van der Waals surface area contributed by atoms with Gasteiger partial charge in [0.1, 0.15) is 5.49 Å². The van der Waals surface area contributed by atoms with Gasteiger partial charge in [0.05, 0.1) is 25.1 Å². The normalized spacial score (nSPS) is 13.4. The van der Waals surface area contributed by atoms with Crippen LogP contribution in [0.25, 0.3) is 11.3 Å². The SMILES string of the molecule is CCOc1cc2c(cc1OC)-c1c/c(=N\c3c(C)cc(C)cc3C)n(CC/C=C/N)c(=O)n1CCC2. The summed E-state index contributed by atoms with van der Waals surface area (Å²) in [6.07, 6.45) is 5.73. The van der Waals surface area contributed by atoms with Gasteiger partial charge in [0.25, 0.3) is 0 Å². The van der Waals surface area contributed by atoms with Crippen molar-refractivity contribution in [1.82, 2.24) is 9.13 Å². The summed E-state index contributed by atoms with van der Waals surface area (Å²) in [5, 5.41) is 0. The zero-order valence-electron chi connectivity index (χ0n) is 21.9. The van der Waals surface area contributed by atoms with E-state index in [9.17, 15) is 4.79 Å². The van der Waals surface area contributed by atoms with Crippen molar-refractivity contribution in [3.63, 3.8) is 0 Å². The van der Waals surface area contributed by atoms with E-state index in [4.69, 9.17) is 20.2 Å². The summed E-state index contributed by atoms with van der Waals surface area (Å²) in [5.74, 6) is 1.38. The fourth-order valence-electron chi connectivity index (χ4n) is 5.03. The number of hydrogen-bond acceptors (Lipinski definition) is 5. The van der Waals surface area contributed by atoms with Gasteiger partial charge in [0, 0.05) is 24.7 Å². The molecular formula is C29H36N4O3. The molecule has 2 heterocycles. The minimum Gasteiger partial charge on any atom is -0.493 e. The topological polar surface area (TPSA) is 83.8 Å². The predicted octanol–water partition coefficient (Wildman–Crippen LogP) is 4.69. The van der Waals surface area contributed by atoms with Gasteiger partial charge < -0.3 is 15.2 Å². The summed E-state index contributed by atoms with van der Waals surface area (Å²) in [6.45, 7) is 9.85. The molecule has 0 unspecified atom stereocenters. The first-order chi connectivity index (χ1) is 17.4. The van der Waals surface area contributed by atoms with E-state index in [-0.39, 0.29) is 5.69 Å². The van der Waals surface area contributed by atoms with Crippen LogP contribution >= 0.6 is 0 Å². The summed E-state index contributed by atoms with van der Waals surface area (Å²) in [4.78, 5) is 18.9. The number of benzene rings is 2. The van der Waals surface area contributed by atoms with Crippen LogP contribution < -0.4 is 26.4 Å². The molecule has 0 amide bonds. The van der Waals surface area contributed by atoms with E-state index in [0.717, 1.165) is 52.2 Å². The van der Waals surface area contributed by atoms with Crippen LogP contribution in [0.2, 0.25) is 0 Å². The van der Waals surface area contributed by atoms with Crippen molar-refractivity contribution in [3.8, 4) is 22.8 Å². The van der Waals surface area contributed by atoms with E-state index in [0.29, 0.717) is 37.4 Å². The van der Waals surface area contributed by atoms with Gasteiger partial charge in [-0.25, -0.2) is 9.79 Å². The summed E-state index contributed by atoms with van der Waals surface area (Å²) < 4.78 is 15.1. The van der Waals surface area contributed by atoms with Gasteiger partial charge in [0.15, 0.2) is 11.5 Å². The van der Waals surface area contributed by atoms with Gasteiger partial charge in [-0.15, -0.1) is 0 Å². The number of nitrogens with zero attached hydrogens (tertiary/aromatic N) is 3. The van der Waals surface area contributed by atoms with Gasteiger partial charge in [-0.3, -0.25) is 9.13 Å². The number of rotatable bonds is 7. The third-order valence-electron chi connectivity index (χ3n) is 6.61. The van der Waals surface area contributed by atoms with E-state index in [1.165, 1.54) is 11.8 Å². The van der Waals surface area contributed by atoms with Crippen molar-refractivity contribution in [1.29, 1.82) is 0 Å². The van der Waals surface area contributed by atoms with Crippen LogP contribution in [0.1, 0.15) is 42.0 Å². The fourth-order valence-corrected chi connectivity index (χ4v) is 5.03. The Hall–Kier alpha value is -3.74. The largest absolute Gasteiger partial charge is 0.493 e. The lowest BCUT2D eigenvalue weighted by molar-refractivity contribution is 0.310. The first-order valence-corrected chi connectivity index (χ1v) is 12.6. The summed E-state index contributed by atoms with van der Waals surface area (Å²) in [7, 11) is 1.64. The van der Waals surface area contributed by atoms with E-state index in [1.54, 1.807) is 11.7 Å². The molecule has 0 saturated heterocycles. The second-order valence-electron chi connectivity index (χ2n) is 9.25. The molecule has 0 atom stereocenters. The number of allylic oxidation sites excluding steroid dienone is 1. The lowest BCUT2D eigenvalue weighted by Crippen LogP contribution is -2.40. The van der Waals surface area contributed by atoms with E-state index < -0.39 is 0 Å². The second kappa shape index (κ2) is 10.9. The second-order valence-corrected chi connectivity index (χ2v) is 9.25. The predicted molar refractivity (Wildman–Crippen MR) is 144 cm³/mol. The fraction of sp³-hybridized carbons (Fsp3) is 0.379. The third-order valence-corrected chi connectivity index (χ3v) is 6.61. The number of methoxy groups -OCH3 is 1. The Morgan fingerprint density at radius 1 is 1.08 bits per heavy atom. The lowest BCUT2D eigenvalue weighted by Gasteiger charge is -2.18. The summed E-state index contributed by atoms with van der Waals surface area (Å²) in [6, 6.07) is 10.3. The molecule has 190 valence electrons. The molecule has 0 saturated carbocycles. The van der Waals surface area contributed by atoms with Gasteiger partial charge in [-0.05, 0) is 82.0 Å². The van der Waals surface area contributed by atoms with Gasteiger partial charge in [0.2, 0.25) is 0 Å². The number of nitrogens with two attached hydrogens (primary N) is 1. The summed E-state index contributed by atoms with van der Waals surface area (Å²) >= 11 is 0. The van der Waals surface area contributed by atoms with Crippen LogP contribution in [0.5, 0.6) is 11.5 Å². The van der Waals surface area contributed by atoms with E-state index in [1.807, 2.05) is 29.7 Å². The molecule has 7 nitrogen and oxygen atoms in total.